The summed E-state index contributed by atoms with van der Waals surface area (Å²) in [6.07, 6.45) is 3.39. The van der Waals surface area contributed by atoms with Gasteiger partial charge in [-0.25, -0.2) is 0 Å². The summed E-state index contributed by atoms with van der Waals surface area (Å²) in [5, 5.41) is 0. The van der Waals surface area contributed by atoms with Crippen molar-refractivity contribution in [3.05, 3.63) is 0 Å². The predicted molar refractivity (Wildman–Crippen MR) is 35.0 cm³/mol. The monoisotopic (exact) mass is 124 g/mol. The van der Waals surface area contributed by atoms with Crippen molar-refractivity contribution in [2.24, 2.45) is 17.8 Å². The van der Waals surface area contributed by atoms with Crippen LogP contribution in [0.5, 0.6) is 0 Å². The van der Waals surface area contributed by atoms with Crippen LogP contribution in [0.25, 0.3) is 0 Å². The Morgan fingerprint density at radius 1 is 1.44 bits per heavy atom. The van der Waals surface area contributed by atoms with Crippen LogP contribution in [0.4, 0.5) is 0 Å². The Bertz CT molecular complexity index is 151. The topological polar surface area (TPSA) is 17.1 Å². The van der Waals surface area contributed by atoms with Crippen molar-refractivity contribution >= 4 is 5.78 Å². The summed E-state index contributed by atoms with van der Waals surface area (Å²) >= 11 is 0. The van der Waals surface area contributed by atoms with E-state index >= 15 is 0 Å². The van der Waals surface area contributed by atoms with E-state index in [1.165, 1.54) is 12.8 Å². The standard InChI is InChI=1S/C8H12O/c1-5-2-6-4-7(6)8(9)3-5/h5-7H,2-4H2,1H3/t5-,6+,7-/m0/s1. The minimum atomic E-state index is 0.515. The van der Waals surface area contributed by atoms with Gasteiger partial charge in [-0.1, -0.05) is 6.92 Å². The van der Waals surface area contributed by atoms with Crippen LogP contribution in [0.2, 0.25) is 0 Å². The van der Waals surface area contributed by atoms with Crippen LogP contribution in [0.3, 0.4) is 0 Å². The molecule has 2 aliphatic carbocycles. The van der Waals surface area contributed by atoms with Gasteiger partial charge in [0.05, 0.1) is 0 Å². The van der Waals surface area contributed by atoms with Crippen LogP contribution in [-0.4, -0.2) is 5.78 Å². The highest BCUT2D eigenvalue weighted by Gasteiger charge is 2.46. The number of hydrogen-bond donors (Lipinski definition) is 0. The molecule has 2 saturated carbocycles. The van der Waals surface area contributed by atoms with Gasteiger partial charge >= 0.3 is 0 Å². The largest absolute Gasteiger partial charge is 0.299 e. The van der Waals surface area contributed by atoms with Crippen molar-refractivity contribution in [2.75, 3.05) is 0 Å². The van der Waals surface area contributed by atoms with Gasteiger partial charge in [-0.2, -0.15) is 0 Å². The fraction of sp³-hybridized carbons (Fsp3) is 0.875. The third kappa shape index (κ3) is 0.790. The third-order valence-corrected chi connectivity index (χ3v) is 2.59. The van der Waals surface area contributed by atoms with Gasteiger partial charge < -0.3 is 0 Å². The first-order valence-corrected chi connectivity index (χ1v) is 3.80. The Morgan fingerprint density at radius 2 is 2.22 bits per heavy atom. The lowest BCUT2D eigenvalue weighted by Crippen LogP contribution is -2.14. The summed E-state index contributed by atoms with van der Waals surface area (Å²) in [6.45, 7) is 2.19. The fourth-order valence-corrected chi connectivity index (χ4v) is 2.00. The molecule has 0 N–H and O–H groups in total. The lowest BCUT2D eigenvalue weighted by atomic mass is 9.90. The average Bonchev–Trinajstić information content (AvgIpc) is 2.43. The Kier molecular flexibility index (Phi) is 0.961. The molecule has 0 aromatic carbocycles. The van der Waals surface area contributed by atoms with Crippen LogP contribution in [0.1, 0.15) is 26.2 Å². The summed E-state index contributed by atoms with van der Waals surface area (Å²) in [5.74, 6) is 2.54. The maximum absolute atomic E-state index is 11.0. The lowest BCUT2D eigenvalue weighted by molar-refractivity contribution is -0.122. The fourth-order valence-electron chi connectivity index (χ4n) is 2.00. The van der Waals surface area contributed by atoms with Gasteiger partial charge in [0.25, 0.3) is 0 Å². The molecule has 0 bridgehead atoms. The van der Waals surface area contributed by atoms with Gasteiger partial charge in [0.2, 0.25) is 0 Å². The Morgan fingerprint density at radius 3 is 2.89 bits per heavy atom. The first kappa shape index (κ1) is 5.45. The molecule has 1 heteroatoms. The van der Waals surface area contributed by atoms with Crippen molar-refractivity contribution in [3.63, 3.8) is 0 Å². The quantitative estimate of drug-likeness (QED) is 0.479. The van der Waals surface area contributed by atoms with Crippen molar-refractivity contribution in [1.29, 1.82) is 0 Å². The number of rotatable bonds is 0. The molecule has 3 atom stereocenters. The van der Waals surface area contributed by atoms with Gasteiger partial charge in [0.1, 0.15) is 5.78 Å². The highest BCUT2D eigenvalue weighted by atomic mass is 16.1. The summed E-state index contributed by atoms with van der Waals surface area (Å²) in [7, 11) is 0. The van der Waals surface area contributed by atoms with E-state index in [0.717, 1.165) is 12.3 Å². The molecule has 0 radical (unpaired) electrons. The first-order chi connectivity index (χ1) is 4.27. The molecule has 0 spiro atoms. The maximum Gasteiger partial charge on any atom is 0.136 e. The molecule has 2 rings (SSSR count). The SMILES string of the molecule is C[C@@H]1CC(=O)[C@H]2C[C@H]2C1. The number of hydrogen-bond acceptors (Lipinski definition) is 1. The zero-order valence-corrected chi connectivity index (χ0v) is 5.76. The van der Waals surface area contributed by atoms with E-state index in [0.29, 0.717) is 17.6 Å². The molecular formula is C8H12O. The Balaban J connectivity index is 2.07. The summed E-state index contributed by atoms with van der Waals surface area (Å²) in [5.41, 5.74) is 0. The second-order valence-corrected chi connectivity index (χ2v) is 3.61. The van der Waals surface area contributed by atoms with Crippen molar-refractivity contribution < 1.29 is 4.79 Å². The molecule has 0 saturated heterocycles. The number of carbonyl (C=O) groups is 1. The zero-order valence-electron chi connectivity index (χ0n) is 5.76. The molecule has 2 aliphatic rings. The van der Waals surface area contributed by atoms with Crippen LogP contribution >= 0.6 is 0 Å². The number of ketones is 1. The minimum Gasteiger partial charge on any atom is -0.299 e. The highest BCUT2D eigenvalue weighted by Crippen LogP contribution is 2.49. The normalized spacial score (nSPS) is 48.6. The average molecular weight is 124 g/mol. The molecule has 1 nitrogen and oxygen atoms in total. The van der Waals surface area contributed by atoms with Gasteiger partial charge in [0, 0.05) is 12.3 Å². The second kappa shape index (κ2) is 1.59. The lowest BCUT2D eigenvalue weighted by Gasteiger charge is -2.14. The van der Waals surface area contributed by atoms with E-state index in [-0.39, 0.29) is 0 Å². The number of fused-ring (bicyclic) bond motifs is 1. The summed E-state index contributed by atoms with van der Waals surface area (Å²) < 4.78 is 0. The van der Waals surface area contributed by atoms with E-state index < -0.39 is 0 Å². The Labute approximate surface area is 55.4 Å². The minimum absolute atomic E-state index is 0.515. The summed E-state index contributed by atoms with van der Waals surface area (Å²) in [6, 6.07) is 0. The van der Waals surface area contributed by atoms with Crippen molar-refractivity contribution in [2.45, 2.75) is 26.2 Å². The molecule has 0 heterocycles. The molecule has 0 aliphatic heterocycles. The number of carbonyl (C=O) groups excluding carboxylic acids is 1. The van der Waals surface area contributed by atoms with E-state index in [4.69, 9.17) is 0 Å². The molecule has 0 aromatic rings. The van der Waals surface area contributed by atoms with Crippen molar-refractivity contribution in [1.82, 2.24) is 0 Å². The predicted octanol–water partition coefficient (Wildman–Crippen LogP) is 1.62. The van der Waals surface area contributed by atoms with E-state index in [9.17, 15) is 4.79 Å². The first-order valence-electron chi connectivity index (χ1n) is 3.80. The number of Topliss-reactive ketones (excluding diaryl/α,β-unsaturated/α-hetero) is 1. The molecule has 2 fully saturated rings. The van der Waals surface area contributed by atoms with Crippen LogP contribution in [-0.2, 0) is 4.79 Å². The third-order valence-electron chi connectivity index (χ3n) is 2.59. The molecule has 50 valence electrons. The van der Waals surface area contributed by atoms with Gasteiger partial charge in [0.15, 0.2) is 0 Å². The van der Waals surface area contributed by atoms with Gasteiger partial charge in [-0.3, -0.25) is 4.79 Å². The Hall–Kier alpha value is -0.330. The van der Waals surface area contributed by atoms with Gasteiger partial charge in [-0.15, -0.1) is 0 Å². The van der Waals surface area contributed by atoms with Crippen LogP contribution in [0.15, 0.2) is 0 Å². The van der Waals surface area contributed by atoms with E-state index in [2.05, 4.69) is 6.92 Å². The molecule has 0 amide bonds. The van der Waals surface area contributed by atoms with Crippen LogP contribution in [0, 0.1) is 17.8 Å². The summed E-state index contributed by atoms with van der Waals surface area (Å²) in [4.78, 5) is 11.0. The maximum atomic E-state index is 11.0. The molecule has 0 unspecified atom stereocenters. The van der Waals surface area contributed by atoms with Crippen LogP contribution < -0.4 is 0 Å². The van der Waals surface area contributed by atoms with E-state index in [1.807, 2.05) is 0 Å². The highest BCUT2D eigenvalue weighted by molar-refractivity contribution is 5.84. The molecule has 0 aromatic heterocycles. The van der Waals surface area contributed by atoms with Crippen molar-refractivity contribution in [3.8, 4) is 0 Å². The molecular weight excluding hydrogens is 112 g/mol. The van der Waals surface area contributed by atoms with Gasteiger partial charge in [-0.05, 0) is 24.7 Å². The second-order valence-electron chi connectivity index (χ2n) is 3.61. The molecule has 9 heavy (non-hydrogen) atoms. The smallest absolute Gasteiger partial charge is 0.136 e. The zero-order chi connectivity index (χ0) is 6.43. The van der Waals surface area contributed by atoms with E-state index in [1.54, 1.807) is 0 Å².